The highest BCUT2D eigenvalue weighted by molar-refractivity contribution is 7.25. The fourth-order valence-electron chi connectivity index (χ4n) is 6.42. The van der Waals surface area contributed by atoms with E-state index in [0.717, 1.165) is 5.57 Å². The third-order valence-electron chi connectivity index (χ3n) is 9.26. The normalized spacial score (nSPS) is 11.1. The van der Waals surface area contributed by atoms with Gasteiger partial charge in [-0.1, -0.05) is 158 Å². The van der Waals surface area contributed by atoms with Crippen molar-refractivity contribution in [2.45, 2.75) is 20.4 Å². The van der Waals surface area contributed by atoms with Gasteiger partial charge in [0.05, 0.1) is 6.54 Å². The number of nitrogens with zero attached hydrogens (tertiary/aromatic N) is 1. The summed E-state index contributed by atoms with van der Waals surface area (Å²) in [5.41, 5.74) is 15.8. The molecule has 55 heavy (non-hydrogen) atoms. The molecule has 3 N–H and O–H groups in total. The lowest BCUT2D eigenvalue weighted by atomic mass is 9.95. The number of benzene rings is 7. The van der Waals surface area contributed by atoms with Crippen molar-refractivity contribution in [3.05, 3.63) is 205 Å². The number of amidine groups is 1. The Balaban J connectivity index is 0.000000251. The summed E-state index contributed by atoms with van der Waals surface area (Å²) in [6.07, 6.45) is 6.92. The highest BCUT2D eigenvalue weighted by Crippen LogP contribution is 2.39. The molecule has 8 rings (SSSR count). The molecule has 7 aromatic carbocycles. The van der Waals surface area contributed by atoms with Crippen molar-refractivity contribution >= 4 is 54.8 Å². The molecule has 0 spiro atoms. The van der Waals surface area contributed by atoms with E-state index in [9.17, 15) is 0 Å². The van der Waals surface area contributed by atoms with Crippen LogP contribution in [-0.2, 0) is 6.54 Å². The van der Waals surface area contributed by atoms with Gasteiger partial charge in [-0.05, 0) is 107 Å². The maximum atomic E-state index is 7.05. The zero-order valence-corrected chi connectivity index (χ0v) is 32.2. The maximum Gasteiger partial charge on any atom is 0.122 e. The SMILES string of the molecule is C=C/C=C\C(=C/C)C(=N)N.C=NCc1cccc(-c2cccc(-c3cccc(-c4ccc5c(c4)sc4cc6ccccc6cc45)c3)c2)c1.Cc1ccccc1. The minimum absolute atomic E-state index is 0.0839. The second kappa shape index (κ2) is 18.4. The van der Waals surface area contributed by atoms with Crippen molar-refractivity contribution in [3.8, 4) is 33.4 Å². The Morgan fingerprint density at radius 1 is 0.636 bits per heavy atom. The molecule has 0 saturated heterocycles. The average Bonchev–Trinajstić information content (AvgIpc) is 3.58. The lowest BCUT2D eigenvalue weighted by Crippen LogP contribution is -2.10. The monoisotopic (exact) mass is 731 g/mol. The van der Waals surface area contributed by atoms with Crippen molar-refractivity contribution in [3.63, 3.8) is 0 Å². The van der Waals surface area contributed by atoms with Gasteiger partial charge in [0.15, 0.2) is 0 Å². The van der Waals surface area contributed by atoms with Gasteiger partial charge < -0.3 is 5.73 Å². The van der Waals surface area contributed by atoms with Crippen LogP contribution in [0.2, 0.25) is 0 Å². The summed E-state index contributed by atoms with van der Waals surface area (Å²) in [6, 6.07) is 56.6. The van der Waals surface area contributed by atoms with E-state index in [1.165, 1.54) is 75.5 Å². The molecule has 0 bridgehead atoms. The molecule has 8 aromatic rings. The molecule has 1 aromatic heterocycles. The van der Waals surface area contributed by atoms with Gasteiger partial charge in [-0.3, -0.25) is 10.4 Å². The predicted octanol–water partition coefficient (Wildman–Crippen LogP) is 14.0. The predicted molar refractivity (Wildman–Crippen MR) is 243 cm³/mol. The van der Waals surface area contributed by atoms with Crippen LogP contribution in [0.3, 0.4) is 0 Å². The number of allylic oxidation sites excluding steroid dienone is 3. The van der Waals surface area contributed by atoms with E-state index in [1.807, 2.05) is 36.5 Å². The number of fused-ring (bicyclic) bond motifs is 4. The van der Waals surface area contributed by atoms with Gasteiger partial charge in [-0.15, -0.1) is 11.3 Å². The van der Waals surface area contributed by atoms with Crippen molar-refractivity contribution in [2.75, 3.05) is 0 Å². The molecule has 0 saturated carbocycles. The third-order valence-corrected chi connectivity index (χ3v) is 10.4. The molecule has 0 fully saturated rings. The minimum atomic E-state index is 0.0839. The zero-order valence-electron chi connectivity index (χ0n) is 31.4. The van der Waals surface area contributed by atoms with Crippen LogP contribution >= 0.6 is 11.3 Å². The number of hydrogen-bond donors (Lipinski definition) is 2. The van der Waals surface area contributed by atoms with Gasteiger partial charge in [0.2, 0.25) is 0 Å². The Bertz CT molecular complexity index is 2660. The molecular weight excluding hydrogens is 687 g/mol. The van der Waals surface area contributed by atoms with E-state index < -0.39 is 0 Å². The molecule has 0 aliphatic heterocycles. The molecule has 0 atom stereocenters. The fourth-order valence-corrected chi connectivity index (χ4v) is 7.60. The summed E-state index contributed by atoms with van der Waals surface area (Å²) in [5, 5.41) is 12.3. The Labute approximate surface area is 328 Å². The standard InChI is InChI=1S/C36H25NS.C8H12N2.C7H8/c1-37-23-24-7-4-10-25(17-24)26-11-5-12-27(18-26)28-13-6-14-29(19-28)32-15-16-33-34-20-30-8-2-3-9-31(30)21-36(34)38-35(33)22-32;1-3-5-6-7(4-2)8(9)10;1-7-5-3-2-4-6-7/h2-22H,1,23H2;3-6H,1H2,2H3,(H3,9,10);2-6H,1H3/b;6-5-,7-4+;. The van der Waals surface area contributed by atoms with E-state index >= 15 is 0 Å². The molecular formula is C51H45N3S. The topological polar surface area (TPSA) is 62.2 Å². The molecule has 3 nitrogen and oxygen atoms in total. The molecule has 0 aliphatic carbocycles. The minimum Gasteiger partial charge on any atom is -0.384 e. The maximum absolute atomic E-state index is 7.05. The molecule has 0 unspecified atom stereocenters. The van der Waals surface area contributed by atoms with Crippen LogP contribution in [0.25, 0.3) is 64.3 Å². The second-order valence-electron chi connectivity index (χ2n) is 13.2. The van der Waals surface area contributed by atoms with Crippen LogP contribution in [0.5, 0.6) is 0 Å². The smallest absolute Gasteiger partial charge is 0.122 e. The van der Waals surface area contributed by atoms with Crippen LogP contribution in [-0.4, -0.2) is 12.6 Å². The molecule has 0 radical (unpaired) electrons. The van der Waals surface area contributed by atoms with Gasteiger partial charge >= 0.3 is 0 Å². The van der Waals surface area contributed by atoms with Crippen molar-refractivity contribution in [1.29, 1.82) is 5.41 Å². The summed E-state index contributed by atoms with van der Waals surface area (Å²) in [4.78, 5) is 4.04. The number of aliphatic imine (C=N–C) groups is 1. The fraction of sp³-hybridized carbons (Fsp3) is 0.0588. The first-order chi connectivity index (χ1) is 26.9. The Morgan fingerprint density at radius 2 is 1.18 bits per heavy atom. The first-order valence-corrected chi connectivity index (χ1v) is 19.1. The number of nitrogens with two attached hydrogens (primary N) is 1. The van der Waals surface area contributed by atoms with Crippen molar-refractivity contribution in [2.24, 2.45) is 10.7 Å². The molecule has 0 aliphatic rings. The lowest BCUT2D eigenvalue weighted by molar-refractivity contribution is 1.08. The largest absolute Gasteiger partial charge is 0.384 e. The van der Waals surface area contributed by atoms with E-state index in [-0.39, 0.29) is 5.84 Å². The van der Waals surface area contributed by atoms with Crippen LogP contribution < -0.4 is 5.73 Å². The Kier molecular flexibility index (Phi) is 12.8. The number of nitrogens with one attached hydrogen (secondary N) is 1. The van der Waals surface area contributed by atoms with Gasteiger partial charge in [0.25, 0.3) is 0 Å². The van der Waals surface area contributed by atoms with Crippen LogP contribution in [0, 0.1) is 12.3 Å². The van der Waals surface area contributed by atoms with E-state index in [0.29, 0.717) is 6.54 Å². The van der Waals surface area contributed by atoms with Crippen molar-refractivity contribution < 1.29 is 0 Å². The second-order valence-corrected chi connectivity index (χ2v) is 14.2. The Morgan fingerprint density at radius 3 is 1.73 bits per heavy atom. The van der Waals surface area contributed by atoms with Crippen LogP contribution in [0.15, 0.2) is 199 Å². The molecule has 270 valence electrons. The quantitative estimate of drug-likeness (QED) is 0.0912. The zero-order chi connectivity index (χ0) is 38.6. The third kappa shape index (κ3) is 9.68. The first-order valence-electron chi connectivity index (χ1n) is 18.3. The van der Waals surface area contributed by atoms with Gasteiger partial charge in [0.1, 0.15) is 5.84 Å². The summed E-state index contributed by atoms with van der Waals surface area (Å²) >= 11 is 1.88. The molecule has 0 amide bonds. The van der Waals surface area contributed by atoms with E-state index in [1.54, 1.807) is 24.3 Å². The first kappa shape index (κ1) is 38.1. The van der Waals surface area contributed by atoms with Gasteiger partial charge in [0, 0.05) is 25.7 Å². The number of aryl methyl sites for hydroxylation is 1. The Hall–Kier alpha value is -6.62. The summed E-state index contributed by atoms with van der Waals surface area (Å²) in [7, 11) is 0. The summed E-state index contributed by atoms with van der Waals surface area (Å²) in [5.74, 6) is 0.0839. The number of hydrogen-bond acceptors (Lipinski definition) is 3. The van der Waals surface area contributed by atoms with E-state index in [2.05, 4.69) is 165 Å². The summed E-state index contributed by atoms with van der Waals surface area (Å²) < 4.78 is 2.67. The van der Waals surface area contributed by atoms with Crippen LogP contribution in [0.1, 0.15) is 18.1 Å². The highest BCUT2D eigenvalue weighted by atomic mass is 32.1. The average molecular weight is 732 g/mol. The summed E-state index contributed by atoms with van der Waals surface area (Å²) in [6.45, 7) is 11.7. The highest BCUT2D eigenvalue weighted by Gasteiger charge is 2.10. The molecule has 4 heteroatoms. The van der Waals surface area contributed by atoms with Crippen molar-refractivity contribution in [1.82, 2.24) is 0 Å². The molecule has 1 heterocycles. The lowest BCUT2D eigenvalue weighted by Gasteiger charge is -2.09. The van der Waals surface area contributed by atoms with Gasteiger partial charge in [-0.2, -0.15) is 0 Å². The van der Waals surface area contributed by atoms with Gasteiger partial charge in [-0.25, -0.2) is 0 Å². The number of rotatable bonds is 8. The number of thiophene rings is 1. The van der Waals surface area contributed by atoms with Crippen LogP contribution in [0.4, 0.5) is 0 Å². The van der Waals surface area contributed by atoms with E-state index in [4.69, 9.17) is 11.1 Å².